The summed E-state index contributed by atoms with van der Waals surface area (Å²) in [7, 11) is -4.39. The van der Waals surface area contributed by atoms with Gasteiger partial charge in [-0.1, -0.05) is 264 Å². The van der Waals surface area contributed by atoms with Crippen LogP contribution in [0.25, 0.3) is 0 Å². The Morgan fingerprint density at radius 1 is 0.419 bits per heavy atom. The number of ether oxygens (including phenoxy) is 2. The summed E-state index contributed by atoms with van der Waals surface area (Å²) in [4.78, 5) is 35.2. The van der Waals surface area contributed by atoms with Crippen LogP contribution in [-0.4, -0.2) is 49.3 Å². The average molecular weight is 1050 g/mol. The van der Waals surface area contributed by atoms with Gasteiger partial charge in [-0.25, -0.2) is 4.57 Å². The van der Waals surface area contributed by atoms with Crippen molar-refractivity contribution in [3.63, 3.8) is 0 Å². The average Bonchev–Trinajstić information content (AvgIpc) is 3.39. The third-order valence-corrected chi connectivity index (χ3v) is 13.4. The molecule has 0 aromatic heterocycles. The number of unbranched alkanes of at least 4 members (excludes halogenated alkanes) is 24. The zero-order valence-electron chi connectivity index (χ0n) is 47.3. The van der Waals surface area contributed by atoms with E-state index in [0.717, 1.165) is 103 Å². The van der Waals surface area contributed by atoms with Crippen LogP contribution in [0.1, 0.15) is 251 Å². The van der Waals surface area contributed by atoms with Crippen LogP contribution in [0, 0.1) is 0 Å². The molecule has 3 N–H and O–H groups in total. The van der Waals surface area contributed by atoms with Crippen LogP contribution in [0.2, 0.25) is 0 Å². The maximum atomic E-state index is 12.7. The van der Waals surface area contributed by atoms with E-state index in [9.17, 15) is 19.0 Å². The number of phosphoric ester groups is 1. The smallest absolute Gasteiger partial charge is 0.462 e. The fourth-order valence-electron chi connectivity index (χ4n) is 8.04. The van der Waals surface area contributed by atoms with Crippen molar-refractivity contribution in [2.75, 3.05) is 26.4 Å². The first kappa shape index (κ1) is 70.7. The molecule has 0 fully saturated rings. The number of hydrogen-bond donors (Lipinski definition) is 2. The monoisotopic (exact) mass is 1050 g/mol. The molecule has 0 aliphatic rings. The molecule has 0 aromatic rings. The first-order valence-corrected chi connectivity index (χ1v) is 31.4. The van der Waals surface area contributed by atoms with Gasteiger partial charge in [0.1, 0.15) is 6.61 Å². The maximum absolute atomic E-state index is 12.7. The standard InChI is InChI=1S/C64H110NO8P/c1-3-5-7-9-11-13-15-17-19-21-22-23-24-25-26-27-28-29-30-31-32-33-34-35-36-37-38-39-40-41-43-45-47-49-51-53-55-57-64(67)73-62(61-72-74(68,69)71-59-58-65)60-70-63(66)56-54-52-50-48-46-44-42-20-18-16-14-12-10-8-6-4-2/h5,7,11,13,17,19,22-23,25-26,28-29,31-32,34-35,37-38,62H,3-4,6,8-10,12,14-16,18,20-21,24,27,30,33,36,39-61,65H2,1-2H3,(H,68,69)/b7-5-,13-11-,19-17-,23-22-,26-25-,29-28-,32-31-,35-34-,38-37-. The second kappa shape index (κ2) is 58.9. The first-order chi connectivity index (χ1) is 36.3. The Morgan fingerprint density at radius 2 is 0.743 bits per heavy atom. The van der Waals surface area contributed by atoms with E-state index in [0.29, 0.717) is 6.42 Å². The number of carbonyl (C=O) groups is 2. The Kier molecular flexibility index (Phi) is 56.3. The van der Waals surface area contributed by atoms with Gasteiger partial charge in [-0.05, 0) is 83.5 Å². The highest BCUT2D eigenvalue weighted by Gasteiger charge is 2.26. The molecule has 0 amide bonds. The largest absolute Gasteiger partial charge is 0.472 e. The van der Waals surface area contributed by atoms with Gasteiger partial charge in [-0.2, -0.15) is 0 Å². The summed E-state index contributed by atoms with van der Waals surface area (Å²) in [5.41, 5.74) is 5.38. The lowest BCUT2D eigenvalue weighted by molar-refractivity contribution is -0.161. The molecule has 0 aliphatic heterocycles. The van der Waals surface area contributed by atoms with Crippen LogP contribution >= 0.6 is 7.82 Å². The maximum Gasteiger partial charge on any atom is 0.472 e. The van der Waals surface area contributed by atoms with Crippen molar-refractivity contribution in [1.29, 1.82) is 0 Å². The predicted molar refractivity (Wildman–Crippen MR) is 316 cm³/mol. The third kappa shape index (κ3) is 57.9. The van der Waals surface area contributed by atoms with Gasteiger partial charge in [0, 0.05) is 19.4 Å². The highest BCUT2D eigenvalue weighted by Crippen LogP contribution is 2.43. The molecule has 0 rings (SSSR count). The molecule has 424 valence electrons. The minimum Gasteiger partial charge on any atom is -0.462 e. The van der Waals surface area contributed by atoms with Crippen molar-refractivity contribution in [3.8, 4) is 0 Å². The highest BCUT2D eigenvalue weighted by molar-refractivity contribution is 7.47. The van der Waals surface area contributed by atoms with Gasteiger partial charge >= 0.3 is 19.8 Å². The molecule has 0 heterocycles. The SMILES string of the molecule is CC/C=C\C/C=C\C/C=C\C/C=C\C/C=C\C/C=C\C/C=C\C/C=C\C/C=C\CCCCCCCCCCCC(=O)OC(COC(=O)CCCCCCCCCCCCCCCCCC)COP(=O)(O)OCCN. The highest BCUT2D eigenvalue weighted by atomic mass is 31.2. The first-order valence-electron chi connectivity index (χ1n) is 29.9. The number of hydrogen-bond acceptors (Lipinski definition) is 8. The van der Waals surface area contributed by atoms with Crippen molar-refractivity contribution in [2.45, 2.75) is 258 Å². The zero-order valence-corrected chi connectivity index (χ0v) is 48.2. The van der Waals surface area contributed by atoms with E-state index in [1.165, 1.54) is 116 Å². The Labute approximate surface area is 454 Å². The molecule has 9 nitrogen and oxygen atoms in total. The van der Waals surface area contributed by atoms with E-state index in [4.69, 9.17) is 24.3 Å². The third-order valence-electron chi connectivity index (χ3n) is 12.4. The van der Waals surface area contributed by atoms with Gasteiger partial charge in [0.2, 0.25) is 0 Å². The summed E-state index contributed by atoms with van der Waals surface area (Å²) in [6, 6.07) is 0. The fraction of sp³-hybridized carbons (Fsp3) is 0.688. The molecule has 2 unspecified atom stereocenters. The summed E-state index contributed by atoms with van der Waals surface area (Å²) in [5.74, 6) is -0.833. The minimum atomic E-state index is -4.39. The second-order valence-electron chi connectivity index (χ2n) is 19.5. The Bertz CT molecular complexity index is 1580. The molecule has 0 bridgehead atoms. The van der Waals surface area contributed by atoms with Crippen molar-refractivity contribution in [2.24, 2.45) is 5.73 Å². The molecule has 0 aromatic carbocycles. The predicted octanol–water partition coefficient (Wildman–Crippen LogP) is 19.0. The topological polar surface area (TPSA) is 134 Å². The van der Waals surface area contributed by atoms with Crippen molar-refractivity contribution in [3.05, 3.63) is 109 Å². The molecule has 0 saturated heterocycles. The van der Waals surface area contributed by atoms with Crippen LogP contribution < -0.4 is 5.73 Å². The number of allylic oxidation sites excluding steroid dienone is 18. The van der Waals surface area contributed by atoms with Crippen LogP contribution in [0.3, 0.4) is 0 Å². The van der Waals surface area contributed by atoms with E-state index < -0.39 is 26.5 Å². The van der Waals surface area contributed by atoms with Gasteiger partial charge < -0.3 is 20.1 Å². The lowest BCUT2D eigenvalue weighted by Gasteiger charge is -2.19. The van der Waals surface area contributed by atoms with Crippen LogP contribution in [0.15, 0.2) is 109 Å². The summed E-state index contributed by atoms with van der Waals surface area (Å²) >= 11 is 0. The molecule has 0 spiro atoms. The number of phosphoric acid groups is 1. The number of rotatable bonds is 55. The van der Waals surface area contributed by atoms with Gasteiger partial charge in [-0.3, -0.25) is 18.6 Å². The van der Waals surface area contributed by atoms with Gasteiger partial charge in [0.25, 0.3) is 0 Å². The van der Waals surface area contributed by atoms with Crippen molar-refractivity contribution >= 4 is 19.8 Å². The molecule has 2 atom stereocenters. The molecule has 0 aliphatic carbocycles. The molecule has 10 heteroatoms. The number of esters is 2. The quantitative estimate of drug-likeness (QED) is 0.0264. The van der Waals surface area contributed by atoms with E-state index >= 15 is 0 Å². The lowest BCUT2D eigenvalue weighted by Crippen LogP contribution is -2.29. The summed E-state index contributed by atoms with van der Waals surface area (Å²) in [6.07, 6.45) is 80.0. The molecular weight excluding hydrogens is 942 g/mol. The molecule has 0 saturated carbocycles. The van der Waals surface area contributed by atoms with Crippen molar-refractivity contribution < 1.29 is 37.6 Å². The zero-order chi connectivity index (χ0) is 53.8. The van der Waals surface area contributed by atoms with Gasteiger partial charge in [0.05, 0.1) is 13.2 Å². The minimum absolute atomic E-state index is 0.0491. The molecule has 74 heavy (non-hydrogen) atoms. The van der Waals surface area contributed by atoms with Crippen molar-refractivity contribution in [1.82, 2.24) is 0 Å². The molecule has 0 radical (unpaired) electrons. The Morgan fingerprint density at radius 3 is 1.11 bits per heavy atom. The van der Waals surface area contributed by atoms with Gasteiger partial charge in [-0.15, -0.1) is 0 Å². The van der Waals surface area contributed by atoms with Crippen LogP contribution in [0.4, 0.5) is 0 Å². The summed E-state index contributed by atoms with van der Waals surface area (Å²) in [6.45, 7) is 3.63. The van der Waals surface area contributed by atoms with E-state index in [-0.39, 0.29) is 38.6 Å². The summed E-state index contributed by atoms with van der Waals surface area (Å²) in [5, 5.41) is 0. The van der Waals surface area contributed by atoms with E-state index in [2.05, 4.69) is 123 Å². The molecular formula is C64H110NO8P. The van der Waals surface area contributed by atoms with Crippen LogP contribution in [0.5, 0.6) is 0 Å². The lowest BCUT2D eigenvalue weighted by atomic mass is 10.0. The van der Waals surface area contributed by atoms with Gasteiger partial charge in [0.15, 0.2) is 6.10 Å². The summed E-state index contributed by atoms with van der Waals surface area (Å²) < 4.78 is 33.0. The fourth-order valence-corrected chi connectivity index (χ4v) is 8.81. The second-order valence-corrected chi connectivity index (χ2v) is 20.9. The Balaban J connectivity index is 3.98. The number of carbonyl (C=O) groups excluding carboxylic acids is 2. The van der Waals surface area contributed by atoms with E-state index in [1.807, 2.05) is 0 Å². The Hall–Kier alpha value is -3.33. The normalized spacial score (nSPS) is 13.8. The number of nitrogens with two attached hydrogens (primary N) is 1. The van der Waals surface area contributed by atoms with E-state index in [1.54, 1.807) is 0 Å². The van der Waals surface area contributed by atoms with Crippen LogP contribution in [-0.2, 0) is 32.7 Å².